The lowest BCUT2D eigenvalue weighted by molar-refractivity contribution is 1.71. The SMILES string of the molecule is O=c1sc2ccccc2cc1Br. The van der Waals surface area contributed by atoms with Crippen molar-refractivity contribution >= 4 is 37.4 Å². The standard InChI is InChI=1S/C9H5BrOS/c10-7-5-6-3-1-2-4-8(6)12-9(7)11/h1-5H. The number of benzene rings is 1. The first-order chi connectivity index (χ1) is 5.77. The number of rotatable bonds is 0. The van der Waals surface area contributed by atoms with E-state index in [0.717, 1.165) is 10.1 Å². The number of hydrogen-bond donors (Lipinski definition) is 0. The van der Waals surface area contributed by atoms with Crippen LogP contribution in [0.25, 0.3) is 10.1 Å². The van der Waals surface area contributed by atoms with Crippen LogP contribution in [0.5, 0.6) is 0 Å². The highest BCUT2D eigenvalue weighted by Crippen LogP contribution is 2.18. The highest BCUT2D eigenvalue weighted by atomic mass is 79.9. The molecule has 2 aromatic rings. The zero-order valence-corrected chi connectivity index (χ0v) is 8.48. The van der Waals surface area contributed by atoms with Gasteiger partial charge >= 0.3 is 0 Å². The summed E-state index contributed by atoms with van der Waals surface area (Å²) in [5, 5.41) is 1.11. The van der Waals surface area contributed by atoms with Crippen LogP contribution in [-0.2, 0) is 0 Å². The van der Waals surface area contributed by atoms with E-state index in [1.165, 1.54) is 11.3 Å². The molecule has 12 heavy (non-hydrogen) atoms. The Morgan fingerprint density at radius 3 is 2.83 bits per heavy atom. The summed E-state index contributed by atoms with van der Waals surface area (Å²) >= 11 is 4.48. The van der Waals surface area contributed by atoms with Crippen molar-refractivity contribution in [2.75, 3.05) is 0 Å². The third kappa shape index (κ3) is 1.30. The lowest BCUT2D eigenvalue weighted by Gasteiger charge is -1.94. The summed E-state index contributed by atoms with van der Waals surface area (Å²) in [6.45, 7) is 0. The van der Waals surface area contributed by atoms with E-state index in [1.54, 1.807) is 0 Å². The first-order valence-electron chi connectivity index (χ1n) is 3.46. The van der Waals surface area contributed by atoms with Gasteiger partial charge in [0.15, 0.2) is 0 Å². The molecular formula is C9H5BrOS. The molecule has 0 radical (unpaired) electrons. The Morgan fingerprint density at radius 2 is 2.00 bits per heavy atom. The molecular weight excluding hydrogens is 236 g/mol. The lowest BCUT2D eigenvalue weighted by Crippen LogP contribution is -1.93. The largest absolute Gasteiger partial charge is 0.277 e. The van der Waals surface area contributed by atoms with Crippen LogP contribution in [0.2, 0.25) is 0 Å². The second-order valence-electron chi connectivity index (χ2n) is 2.42. The zero-order chi connectivity index (χ0) is 8.55. The Kier molecular flexibility index (Phi) is 1.98. The van der Waals surface area contributed by atoms with Crippen molar-refractivity contribution in [3.8, 4) is 0 Å². The smallest absolute Gasteiger partial charge is 0.247 e. The highest BCUT2D eigenvalue weighted by molar-refractivity contribution is 9.10. The summed E-state index contributed by atoms with van der Waals surface area (Å²) in [6, 6.07) is 9.70. The van der Waals surface area contributed by atoms with Gasteiger partial charge in [-0.15, -0.1) is 0 Å². The summed E-state index contributed by atoms with van der Waals surface area (Å²) in [5.74, 6) is 0. The van der Waals surface area contributed by atoms with E-state index in [4.69, 9.17) is 0 Å². The molecule has 0 fully saturated rings. The van der Waals surface area contributed by atoms with Gasteiger partial charge in [-0.3, -0.25) is 4.79 Å². The fraction of sp³-hybridized carbons (Fsp3) is 0. The van der Waals surface area contributed by atoms with Gasteiger partial charge in [-0.2, -0.15) is 0 Å². The second kappa shape index (κ2) is 2.99. The lowest BCUT2D eigenvalue weighted by atomic mass is 10.2. The first kappa shape index (κ1) is 7.95. The minimum Gasteiger partial charge on any atom is -0.277 e. The molecule has 0 aliphatic rings. The van der Waals surface area contributed by atoms with E-state index < -0.39 is 0 Å². The minimum atomic E-state index is 0.0775. The van der Waals surface area contributed by atoms with Crippen LogP contribution in [0, 0.1) is 0 Å². The third-order valence-corrected chi connectivity index (χ3v) is 3.45. The number of fused-ring (bicyclic) bond motifs is 1. The summed E-state index contributed by atoms with van der Waals surface area (Å²) in [5.41, 5.74) is 0. The predicted octanol–water partition coefficient (Wildman–Crippen LogP) is 3.02. The fourth-order valence-electron chi connectivity index (χ4n) is 1.04. The van der Waals surface area contributed by atoms with Crippen LogP contribution in [0.1, 0.15) is 0 Å². The summed E-state index contributed by atoms with van der Waals surface area (Å²) in [6.07, 6.45) is 0. The number of hydrogen-bond acceptors (Lipinski definition) is 2. The van der Waals surface area contributed by atoms with E-state index in [1.807, 2.05) is 30.3 Å². The van der Waals surface area contributed by atoms with Crippen LogP contribution in [0.4, 0.5) is 0 Å². The molecule has 0 aliphatic carbocycles. The summed E-state index contributed by atoms with van der Waals surface area (Å²) < 4.78 is 1.76. The molecule has 0 aliphatic heterocycles. The van der Waals surface area contributed by atoms with Gasteiger partial charge in [0.25, 0.3) is 0 Å². The van der Waals surface area contributed by atoms with Crippen molar-refractivity contribution in [2.45, 2.75) is 0 Å². The molecule has 1 heterocycles. The molecule has 0 atom stereocenters. The Morgan fingerprint density at radius 1 is 1.25 bits per heavy atom. The molecule has 0 amide bonds. The highest BCUT2D eigenvalue weighted by Gasteiger charge is 1.98. The average molecular weight is 241 g/mol. The van der Waals surface area contributed by atoms with Crippen molar-refractivity contribution in [2.24, 2.45) is 0 Å². The van der Waals surface area contributed by atoms with Crippen molar-refractivity contribution in [1.82, 2.24) is 0 Å². The van der Waals surface area contributed by atoms with Crippen molar-refractivity contribution in [1.29, 1.82) is 0 Å². The predicted molar refractivity (Wildman–Crippen MR) is 55.8 cm³/mol. The van der Waals surface area contributed by atoms with Crippen LogP contribution in [0.3, 0.4) is 0 Å². The van der Waals surface area contributed by atoms with Gasteiger partial charge in [0, 0.05) is 4.70 Å². The van der Waals surface area contributed by atoms with Gasteiger partial charge < -0.3 is 0 Å². The Hall–Kier alpha value is -0.670. The maximum atomic E-state index is 11.2. The molecule has 0 saturated heterocycles. The third-order valence-electron chi connectivity index (χ3n) is 1.60. The van der Waals surface area contributed by atoms with Gasteiger partial charge in [0.1, 0.15) is 0 Å². The molecule has 1 nitrogen and oxygen atoms in total. The number of halogens is 1. The molecule has 0 spiro atoms. The van der Waals surface area contributed by atoms with E-state index in [-0.39, 0.29) is 4.74 Å². The van der Waals surface area contributed by atoms with Crippen molar-refractivity contribution in [3.63, 3.8) is 0 Å². The summed E-state index contributed by atoms with van der Waals surface area (Å²) in [7, 11) is 0. The molecule has 1 aromatic carbocycles. The van der Waals surface area contributed by atoms with Crippen LogP contribution < -0.4 is 4.74 Å². The van der Waals surface area contributed by atoms with Gasteiger partial charge in [0.2, 0.25) is 4.74 Å². The molecule has 0 unspecified atom stereocenters. The van der Waals surface area contributed by atoms with E-state index in [0.29, 0.717) is 4.47 Å². The molecule has 0 saturated carbocycles. The normalized spacial score (nSPS) is 10.4. The topological polar surface area (TPSA) is 17.1 Å². The average Bonchev–Trinajstić information content (AvgIpc) is 2.07. The monoisotopic (exact) mass is 240 g/mol. The van der Waals surface area contributed by atoms with Gasteiger partial charge in [-0.1, -0.05) is 29.5 Å². The van der Waals surface area contributed by atoms with Crippen molar-refractivity contribution < 1.29 is 0 Å². The zero-order valence-electron chi connectivity index (χ0n) is 6.08. The summed E-state index contributed by atoms with van der Waals surface area (Å²) in [4.78, 5) is 11.2. The second-order valence-corrected chi connectivity index (χ2v) is 4.29. The van der Waals surface area contributed by atoms with E-state index >= 15 is 0 Å². The van der Waals surface area contributed by atoms with Crippen LogP contribution >= 0.6 is 27.3 Å². The molecule has 0 bridgehead atoms. The van der Waals surface area contributed by atoms with Crippen molar-refractivity contribution in [3.05, 3.63) is 44.3 Å². The van der Waals surface area contributed by atoms with E-state index in [9.17, 15) is 4.79 Å². The molecule has 0 N–H and O–H groups in total. The maximum absolute atomic E-state index is 11.2. The Balaban J connectivity index is 2.93. The molecule has 60 valence electrons. The van der Waals surface area contributed by atoms with Gasteiger partial charge in [-0.05, 0) is 33.4 Å². The quantitative estimate of drug-likeness (QED) is 0.692. The minimum absolute atomic E-state index is 0.0775. The fourth-order valence-corrected chi connectivity index (χ4v) is 2.27. The van der Waals surface area contributed by atoms with Gasteiger partial charge in [0.05, 0.1) is 4.47 Å². The first-order valence-corrected chi connectivity index (χ1v) is 5.07. The van der Waals surface area contributed by atoms with Gasteiger partial charge in [-0.25, -0.2) is 0 Å². The molecule has 1 aromatic heterocycles. The molecule has 3 heteroatoms. The molecule has 2 rings (SSSR count). The maximum Gasteiger partial charge on any atom is 0.247 e. The van der Waals surface area contributed by atoms with Crippen LogP contribution in [-0.4, -0.2) is 0 Å². The Bertz CT molecular complexity index is 475. The van der Waals surface area contributed by atoms with E-state index in [2.05, 4.69) is 15.9 Å². The Labute approximate surface area is 81.8 Å². The van der Waals surface area contributed by atoms with Crippen LogP contribution in [0.15, 0.2) is 39.6 Å².